The van der Waals surface area contributed by atoms with Gasteiger partial charge in [-0.05, 0) is 70.3 Å². The van der Waals surface area contributed by atoms with Crippen molar-refractivity contribution < 1.29 is 12.8 Å². The van der Waals surface area contributed by atoms with E-state index >= 15 is 0 Å². The minimum Gasteiger partial charge on any atom is -0.369 e. The third-order valence-corrected chi connectivity index (χ3v) is 8.04. The highest BCUT2D eigenvalue weighted by Gasteiger charge is 2.28. The summed E-state index contributed by atoms with van der Waals surface area (Å²) < 4.78 is 41.0. The Morgan fingerprint density at radius 1 is 0.917 bits per heavy atom. The van der Waals surface area contributed by atoms with E-state index in [4.69, 9.17) is 0 Å². The van der Waals surface area contributed by atoms with Crippen molar-refractivity contribution in [1.29, 1.82) is 0 Å². The van der Waals surface area contributed by atoms with Crippen LogP contribution in [0.1, 0.15) is 20.8 Å². The van der Waals surface area contributed by atoms with Gasteiger partial charge >= 0.3 is 0 Å². The number of rotatable bonds is 7. The zero-order valence-corrected chi connectivity index (χ0v) is 21.7. The molecule has 0 unspecified atom stereocenters. The fourth-order valence-corrected chi connectivity index (χ4v) is 4.31. The Hall–Kier alpha value is -3.44. The van der Waals surface area contributed by atoms with Crippen LogP contribution in [-0.4, -0.2) is 61.3 Å². The Labute approximate surface area is 211 Å². The number of anilines is 6. The summed E-state index contributed by atoms with van der Waals surface area (Å²) in [7, 11) is -1.47. The first-order valence-corrected chi connectivity index (χ1v) is 13.2. The van der Waals surface area contributed by atoms with Gasteiger partial charge in [-0.1, -0.05) is 6.07 Å². The lowest BCUT2D eigenvalue weighted by Crippen LogP contribution is -2.44. The van der Waals surface area contributed by atoms with Gasteiger partial charge in [-0.2, -0.15) is 4.98 Å². The molecule has 0 spiro atoms. The van der Waals surface area contributed by atoms with E-state index in [2.05, 4.69) is 42.2 Å². The van der Waals surface area contributed by atoms with Crippen molar-refractivity contribution in [1.82, 2.24) is 14.9 Å². The van der Waals surface area contributed by atoms with Gasteiger partial charge in [0, 0.05) is 43.2 Å². The molecule has 0 saturated carbocycles. The van der Waals surface area contributed by atoms with Crippen LogP contribution in [0.5, 0.6) is 0 Å². The zero-order valence-electron chi connectivity index (χ0n) is 20.9. The standard InChI is InChI=1S/C25H32FN7O2S/c1-25(2,3)36(34,35)31-20-7-5-6-19(16-20)28-23-22(26)17-27-24(30-23)29-18-8-10-21(11-9-18)33-14-12-32(4)13-15-33/h5-11,16-17,31H,12-15H2,1-4H3,(H2,27,28,29,30). The smallest absolute Gasteiger partial charge is 0.237 e. The fraction of sp³-hybridized carbons (Fsp3) is 0.360. The summed E-state index contributed by atoms with van der Waals surface area (Å²) in [6, 6.07) is 14.5. The Balaban J connectivity index is 1.45. The number of sulfonamides is 1. The molecule has 1 aromatic heterocycles. The molecule has 36 heavy (non-hydrogen) atoms. The molecule has 3 N–H and O–H groups in total. The maximum Gasteiger partial charge on any atom is 0.237 e. The molecule has 4 rings (SSSR count). The van der Waals surface area contributed by atoms with Gasteiger partial charge in [0.15, 0.2) is 11.6 Å². The molecule has 1 saturated heterocycles. The van der Waals surface area contributed by atoms with Gasteiger partial charge in [-0.3, -0.25) is 4.72 Å². The molecule has 0 aliphatic carbocycles. The highest BCUT2D eigenvalue weighted by molar-refractivity contribution is 7.94. The molecular weight excluding hydrogens is 481 g/mol. The third-order valence-electron chi connectivity index (χ3n) is 5.92. The predicted octanol–water partition coefficient (Wildman–Crippen LogP) is 4.39. The molecule has 0 amide bonds. The lowest BCUT2D eigenvalue weighted by molar-refractivity contribution is 0.313. The minimum atomic E-state index is -3.60. The van der Waals surface area contributed by atoms with E-state index in [1.165, 1.54) is 0 Å². The first-order valence-electron chi connectivity index (χ1n) is 11.7. The normalized spacial score (nSPS) is 15.0. The van der Waals surface area contributed by atoms with E-state index in [1.54, 1.807) is 45.0 Å². The maximum absolute atomic E-state index is 14.5. The van der Waals surface area contributed by atoms with E-state index in [1.807, 2.05) is 24.3 Å². The van der Waals surface area contributed by atoms with Crippen LogP contribution in [0.25, 0.3) is 0 Å². The van der Waals surface area contributed by atoms with Crippen molar-refractivity contribution in [2.24, 2.45) is 0 Å². The van der Waals surface area contributed by atoms with Gasteiger partial charge in [-0.25, -0.2) is 17.8 Å². The van der Waals surface area contributed by atoms with Crippen molar-refractivity contribution in [2.75, 3.05) is 53.5 Å². The second-order valence-electron chi connectivity index (χ2n) is 9.78. The Bertz CT molecular complexity index is 1300. The summed E-state index contributed by atoms with van der Waals surface area (Å²) in [5.74, 6) is -0.431. The largest absolute Gasteiger partial charge is 0.369 e. The third kappa shape index (κ3) is 6.21. The van der Waals surface area contributed by atoms with Crippen LogP contribution >= 0.6 is 0 Å². The molecule has 9 nitrogen and oxygen atoms in total. The number of nitrogens with one attached hydrogen (secondary N) is 3. The Morgan fingerprint density at radius 3 is 2.25 bits per heavy atom. The summed E-state index contributed by atoms with van der Waals surface area (Å²) in [5.41, 5.74) is 2.77. The van der Waals surface area contributed by atoms with Crippen molar-refractivity contribution in [2.45, 2.75) is 25.5 Å². The predicted molar refractivity (Wildman–Crippen MR) is 143 cm³/mol. The van der Waals surface area contributed by atoms with Crippen molar-refractivity contribution in [3.05, 3.63) is 60.5 Å². The summed E-state index contributed by atoms with van der Waals surface area (Å²) in [5, 5.41) is 6.01. The number of nitrogens with zero attached hydrogens (tertiary/aromatic N) is 4. The second-order valence-corrected chi connectivity index (χ2v) is 12.2. The Kier molecular flexibility index (Phi) is 7.32. The second kappa shape index (κ2) is 10.3. The van der Waals surface area contributed by atoms with Gasteiger partial charge in [0.25, 0.3) is 0 Å². The van der Waals surface area contributed by atoms with Crippen LogP contribution < -0.4 is 20.3 Å². The average molecular weight is 514 g/mol. The first-order chi connectivity index (χ1) is 17.0. The number of halogens is 1. The Morgan fingerprint density at radius 2 is 1.58 bits per heavy atom. The van der Waals surface area contributed by atoms with Crippen LogP contribution in [0.15, 0.2) is 54.7 Å². The van der Waals surface area contributed by atoms with E-state index in [9.17, 15) is 12.8 Å². The highest BCUT2D eigenvalue weighted by atomic mass is 32.2. The van der Waals surface area contributed by atoms with Crippen LogP contribution in [0, 0.1) is 5.82 Å². The molecule has 1 aliphatic rings. The average Bonchev–Trinajstić information content (AvgIpc) is 2.82. The lowest BCUT2D eigenvalue weighted by atomic mass is 10.2. The van der Waals surface area contributed by atoms with Crippen molar-refractivity contribution in [3.8, 4) is 0 Å². The molecule has 11 heteroatoms. The van der Waals surface area contributed by atoms with E-state index in [-0.39, 0.29) is 11.8 Å². The molecule has 1 fully saturated rings. The molecule has 0 radical (unpaired) electrons. The topological polar surface area (TPSA) is 102 Å². The number of benzene rings is 2. The summed E-state index contributed by atoms with van der Waals surface area (Å²) in [6.07, 6.45) is 1.09. The van der Waals surface area contributed by atoms with Gasteiger partial charge in [0.2, 0.25) is 16.0 Å². The van der Waals surface area contributed by atoms with Gasteiger partial charge < -0.3 is 20.4 Å². The monoisotopic (exact) mass is 513 g/mol. The SMILES string of the molecule is CN1CCN(c2ccc(Nc3ncc(F)c(Nc4cccc(NS(=O)(=O)C(C)(C)C)c4)n3)cc2)CC1. The quantitative estimate of drug-likeness (QED) is 0.427. The molecule has 2 heterocycles. The molecule has 1 aliphatic heterocycles. The van der Waals surface area contributed by atoms with E-state index in [0.29, 0.717) is 11.4 Å². The maximum atomic E-state index is 14.5. The van der Waals surface area contributed by atoms with Crippen LogP contribution in [0.4, 0.5) is 38.9 Å². The van der Waals surface area contributed by atoms with Gasteiger partial charge in [0.1, 0.15) is 0 Å². The van der Waals surface area contributed by atoms with Gasteiger partial charge in [-0.15, -0.1) is 0 Å². The summed E-state index contributed by atoms with van der Waals surface area (Å²) in [6.45, 7) is 8.87. The zero-order chi connectivity index (χ0) is 25.9. The van der Waals surface area contributed by atoms with E-state index < -0.39 is 20.6 Å². The summed E-state index contributed by atoms with van der Waals surface area (Å²) >= 11 is 0. The fourth-order valence-electron chi connectivity index (χ4n) is 3.57. The number of hydrogen-bond donors (Lipinski definition) is 3. The van der Waals surface area contributed by atoms with Crippen LogP contribution in [0.2, 0.25) is 0 Å². The highest BCUT2D eigenvalue weighted by Crippen LogP contribution is 2.26. The van der Waals surface area contributed by atoms with Crippen molar-refractivity contribution >= 4 is 44.5 Å². The van der Waals surface area contributed by atoms with Crippen LogP contribution in [-0.2, 0) is 10.0 Å². The molecule has 3 aromatic rings. The number of likely N-dealkylation sites (N-methyl/N-ethyl adjacent to an activating group) is 1. The molecule has 2 aromatic carbocycles. The van der Waals surface area contributed by atoms with E-state index in [0.717, 1.165) is 43.8 Å². The van der Waals surface area contributed by atoms with Gasteiger partial charge in [0.05, 0.1) is 16.6 Å². The molecule has 0 atom stereocenters. The van der Waals surface area contributed by atoms with Crippen molar-refractivity contribution in [3.63, 3.8) is 0 Å². The molecular formula is C25H32FN7O2S. The first kappa shape index (κ1) is 25.6. The minimum absolute atomic E-state index is 0.0302. The van der Waals surface area contributed by atoms with Crippen LogP contribution in [0.3, 0.4) is 0 Å². The lowest BCUT2D eigenvalue weighted by Gasteiger charge is -2.34. The summed E-state index contributed by atoms with van der Waals surface area (Å²) in [4.78, 5) is 13.0. The molecule has 0 bridgehead atoms. The number of aromatic nitrogens is 2. The molecule has 192 valence electrons. The number of piperazine rings is 1. The number of hydrogen-bond acceptors (Lipinski definition) is 8.